The first kappa shape index (κ1) is 8.13. The van der Waals surface area contributed by atoms with Crippen LogP contribution in [-0.2, 0) is 15.8 Å². The van der Waals surface area contributed by atoms with Crippen LogP contribution in [0.5, 0.6) is 0 Å². The highest BCUT2D eigenvalue weighted by Gasteiger charge is 2.08. The predicted octanol–water partition coefficient (Wildman–Crippen LogP) is -0.845. The van der Waals surface area contributed by atoms with Gasteiger partial charge in [-0.25, -0.2) is 0 Å². The number of hydrogen-bond donors (Lipinski definition) is 0. The molecule has 1 heterocycles. The zero-order valence-electron chi connectivity index (χ0n) is 5.62. The minimum absolute atomic E-state index is 0.142. The summed E-state index contributed by atoms with van der Waals surface area (Å²) in [4.78, 5) is 1.85. The van der Waals surface area contributed by atoms with E-state index in [1.54, 1.807) is 0 Å². The Morgan fingerprint density at radius 2 is 2.10 bits per heavy atom. The van der Waals surface area contributed by atoms with Gasteiger partial charge in [-0.2, -0.15) is 0 Å². The van der Waals surface area contributed by atoms with Gasteiger partial charge in [0.1, 0.15) is 0 Å². The van der Waals surface area contributed by atoms with Gasteiger partial charge in [0.25, 0.3) is 0 Å². The molecule has 0 amide bonds. The van der Waals surface area contributed by atoms with Crippen LogP contribution in [0.15, 0.2) is 0 Å². The average molecular weight is 164 g/mol. The molecule has 1 saturated heterocycles. The molecule has 0 aromatic carbocycles. The van der Waals surface area contributed by atoms with E-state index in [2.05, 4.69) is 0 Å². The Bertz CT molecular complexity index is 124. The van der Waals surface area contributed by atoms with Gasteiger partial charge in [-0.1, -0.05) is 0 Å². The highest BCUT2D eigenvalue weighted by atomic mass is 32.2. The molecule has 0 radical (unpaired) electrons. The van der Waals surface area contributed by atoms with Gasteiger partial charge in [-0.05, 0) is 11.1 Å². The number of rotatable bonds is 2. The fraction of sp³-hybridized carbons (Fsp3) is 1.00. The molecule has 1 rings (SSSR count). The van der Waals surface area contributed by atoms with Crippen molar-refractivity contribution < 1.29 is 13.5 Å². The lowest BCUT2D eigenvalue weighted by Gasteiger charge is -2.26. The van der Waals surface area contributed by atoms with E-state index in [1.165, 1.54) is 0 Å². The van der Waals surface area contributed by atoms with Crippen molar-refractivity contribution in [3.63, 3.8) is 0 Å². The zero-order chi connectivity index (χ0) is 7.40. The zero-order valence-corrected chi connectivity index (χ0v) is 6.43. The van der Waals surface area contributed by atoms with Gasteiger partial charge in [-0.15, -0.1) is 0 Å². The molecule has 0 bridgehead atoms. The van der Waals surface area contributed by atoms with Gasteiger partial charge in [0.05, 0.1) is 19.1 Å². The third kappa shape index (κ3) is 2.74. The van der Waals surface area contributed by atoms with Crippen molar-refractivity contribution >= 4 is 11.1 Å². The molecule has 0 aromatic rings. The largest absolute Gasteiger partial charge is 0.771 e. The summed E-state index contributed by atoms with van der Waals surface area (Å²) in [6, 6.07) is 0. The quantitative estimate of drug-likeness (QED) is 0.499. The Hall–Kier alpha value is 0.0300. The van der Waals surface area contributed by atoms with Crippen LogP contribution in [0.2, 0.25) is 0 Å². The molecule has 0 aliphatic carbocycles. The topological polar surface area (TPSA) is 52.6 Å². The molecule has 1 aliphatic rings. The molecule has 1 fully saturated rings. The van der Waals surface area contributed by atoms with Crippen LogP contribution >= 0.6 is 0 Å². The third-order valence-corrected chi connectivity index (χ3v) is 1.97. The van der Waals surface area contributed by atoms with Crippen LogP contribution < -0.4 is 0 Å². The summed E-state index contributed by atoms with van der Waals surface area (Å²) in [5, 5.41) is 0. The van der Waals surface area contributed by atoms with Gasteiger partial charge in [-0.3, -0.25) is 9.11 Å². The molecule has 0 saturated carbocycles. The summed E-state index contributed by atoms with van der Waals surface area (Å²) in [5.74, 6) is 0.142. The van der Waals surface area contributed by atoms with E-state index in [-0.39, 0.29) is 5.88 Å². The first-order chi connectivity index (χ1) is 4.79. The average Bonchev–Trinajstić information content (AvgIpc) is 1.88. The molecule has 1 aliphatic heterocycles. The highest BCUT2D eigenvalue weighted by molar-refractivity contribution is 7.79. The second-order valence-electron chi connectivity index (χ2n) is 2.16. The first-order valence-corrected chi connectivity index (χ1v) is 4.39. The van der Waals surface area contributed by atoms with Crippen LogP contribution in [0.3, 0.4) is 0 Å². The van der Waals surface area contributed by atoms with Crippen LogP contribution in [0, 0.1) is 0 Å². The van der Waals surface area contributed by atoms with Crippen molar-refractivity contribution in [3.05, 3.63) is 0 Å². The van der Waals surface area contributed by atoms with Crippen molar-refractivity contribution in [3.8, 4) is 0 Å². The fourth-order valence-electron chi connectivity index (χ4n) is 0.879. The molecule has 60 valence electrons. The Morgan fingerprint density at radius 3 is 2.60 bits per heavy atom. The maximum absolute atomic E-state index is 10.2. The smallest absolute Gasteiger partial charge is 0.0615 e. The first-order valence-electron chi connectivity index (χ1n) is 3.15. The maximum atomic E-state index is 10.2. The van der Waals surface area contributed by atoms with Gasteiger partial charge >= 0.3 is 0 Å². The molecule has 0 N–H and O–H groups in total. The summed E-state index contributed by atoms with van der Waals surface area (Å²) in [7, 11) is 0. The highest BCUT2D eigenvalue weighted by Crippen LogP contribution is 1.96. The van der Waals surface area contributed by atoms with Crippen molar-refractivity contribution in [1.82, 2.24) is 4.90 Å². The normalized spacial score (nSPS) is 24.5. The Labute approximate surface area is 62.4 Å². The fourth-order valence-corrected chi connectivity index (χ4v) is 1.44. The molecular formula is C5H10NO3S-. The lowest BCUT2D eigenvalue weighted by atomic mass is 10.5. The Morgan fingerprint density at radius 1 is 1.50 bits per heavy atom. The number of morpholine rings is 1. The molecule has 1 unspecified atom stereocenters. The summed E-state index contributed by atoms with van der Waals surface area (Å²) >= 11 is -1.94. The monoisotopic (exact) mass is 164 g/mol. The minimum atomic E-state index is -1.94. The van der Waals surface area contributed by atoms with Crippen molar-refractivity contribution in [2.24, 2.45) is 0 Å². The number of nitrogens with zero attached hydrogens (tertiary/aromatic N) is 1. The van der Waals surface area contributed by atoms with Crippen LogP contribution in [0.1, 0.15) is 0 Å². The maximum Gasteiger partial charge on any atom is 0.0615 e. The van der Waals surface area contributed by atoms with E-state index in [4.69, 9.17) is 4.74 Å². The third-order valence-electron chi connectivity index (χ3n) is 1.39. The molecule has 1 atom stereocenters. The number of hydrogen-bond acceptors (Lipinski definition) is 4. The van der Waals surface area contributed by atoms with E-state index in [1.807, 2.05) is 4.90 Å². The van der Waals surface area contributed by atoms with Crippen LogP contribution in [0.25, 0.3) is 0 Å². The lowest BCUT2D eigenvalue weighted by molar-refractivity contribution is 0.0463. The van der Waals surface area contributed by atoms with E-state index in [0.717, 1.165) is 13.1 Å². The standard InChI is InChI=1S/C5H11NO3S/c7-10(8)5-6-1-3-9-4-2-6/h1-5H2,(H,7,8)/p-1. The van der Waals surface area contributed by atoms with E-state index < -0.39 is 11.1 Å². The van der Waals surface area contributed by atoms with Crippen molar-refractivity contribution in [2.45, 2.75) is 0 Å². The van der Waals surface area contributed by atoms with E-state index in [0.29, 0.717) is 13.2 Å². The van der Waals surface area contributed by atoms with Crippen LogP contribution in [0.4, 0.5) is 0 Å². The molecule has 0 aromatic heterocycles. The SMILES string of the molecule is O=S([O-])CN1CCOCC1. The van der Waals surface area contributed by atoms with Crippen molar-refractivity contribution in [1.29, 1.82) is 0 Å². The Kier molecular flexibility index (Phi) is 3.27. The predicted molar refractivity (Wildman–Crippen MR) is 36.2 cm³/mol. The van der Waals surface area contributed by atoms with Gasteiger partial charge in [0.2, 0.25) is 0 Å². The molecular weight excluding hydrogens is 154 g/mol. The second kappa shape index (κ2) is 4.02. The van der Waals surface area contributed by atoms with Gasteiger partial charge < -0.3 is 9.29 Å². The summed E-state index contributed by atoms with van der Waals surface area (Å²) in [6.07, 6.45) is 0. The van der Waals surface area contributed by atoms with Crippen molar-refractivity contribution in [2.75, 3.05) is 32.2 Å². The lowest BCUT2D eigenvalue weighted by Crippen LogP contribution is -2.38. The summed E-state index contributed by atoms with van der Waals surface area (Å²) in [6.45, 7) is 2.76. The summed E-state index contributed by atoms with van der Waals surface area (Å²) in [5.41, 5.74) is 0. The van der Waals surface area contributed by atoms with E-state index in [9.17, 15) is 8.76 Å². The molecule has 5 heteroatoms. The van der Waals surface area contributed by atoms with Gasteiger partial charge in [0, 0.05) is 13.1 Å². The van der Waals surface area contributed by atoms with Gasteiger partial charge in [0.15, 0.2) is 0 Å². The minimum Gasteiger partial charge on any atom is -0.771 e. The van der Waals surface area contributed by atoms with E-state index >= 15 is 0 Å². The second-order valence-corrected chi connectivity index (χ2v) is 3.03. The Balaban J connectivity index is 2.19. The number of ether oxygens (including phenoxy) is 1. The molecule has 10 heavy (non-hydrogen) atoms. The summed E-state index contributed by atoms with van der Waals surface area (Å²) < 4.78 is 25.4. The molecule has 4 nitrogen and oxygen atoms in total. The molecule has 0 spiro atoms. The van der Waals surface area contributed by atoms with Crippen LogP contribution in [-0.4, -0.2) is 45.8 Å².